The van der Waals surface area contributed by atoms with Gasteiger partial charge in [0.1, 0.15) is 0 Å². The Labute approximate surface area is 94.7 Å². The normalized spacial score (nSPS) is 21.4. The van der Waals surface area contributed by atoms with E-state index in [-0.39, 0.29) is 6.42 Å². The molecule has 1 aliphatic rings. The van der Waals surface area contributed by atoms with Gasteiger partial charge in [-0.3, -0.25) is 14.4 Å². The largest absolute Gasteiger partial charge is 0.481 e. The Balaban J connectivity index is 2.00. The monoisotopic (exact) mass is 223 g/mol. The summed E-state index contributed by atoms with van der Waals surface area (Å²) in [4.78, 5) is 12.8. The van der Waals surface area contributed by atoms with Gasteiger partial charge in [-0.05, 0) is 19.4 Å². The van der Waals surface area contributed by atoms with E-state index in [0.29, 0.717) is 12.6 Å². The number of aliphatic carboxylic acids is 1. The van der Waals surface area contributed by atoms with Crippen LogP contribution in [0.15, 0.2) is 12.4 Å². The topological polar surface area (TPSA) is 58.4 Å². The van der Waals surface area contributed by atoms with Crippen LogP contribution in [0.4, 0.5) is 0 Å². The molecule has 0 amide bonds. The second kappa shape index (κ2) is 4.65. The van der Waals surface area contributed by atoms with Gasteiger partial charge in [-0.2, -0.15) is 5.10 Å². The van der Waals surface area contributed by atoms with Crippen LogP contribution >= 0.6 is 0 Å². The van der Waals surface area contributed by atoms with Crippen molar-refractivity contribution in [2.75, 3.05) is 13.1 Å². The first-order valence-corrected chi connectivity index (χ1v) is 5.61. The van der Waals surface area contributed by atoms with Crippen molar-refractivity contribution in [2.45, 2.75) is 25.3 Å². The van der Waals surface area contributed by atoms with Crippen LogP contribution in [-0.4, -0.2) is 38.8 Å². The Morgan fingerprint density at radius 1 is 1.69 bits per heavy atom. The molecule has 1 aromatic heterocycles. The highest BCUT2D eigenvalue weighted by atomic mass is 16.4. The first-order chi connectivity index (χ1) is 7.66. The Morgan fingerprint density at radius 2 is 2.50 bits per heavy atom. The molecule has 88 valence electrons. The highest BCUT2D eigenvalue weighted by Gasteiger charge is 2.26. The maximum atomic E-state index is 10.6. The first-order valence-electron chi connectivity index (χ1n) is 5.61. The summed E-state index contributed by atoms with van der Waals surface area (Å²) < 4.78 is 1.79. The standard InChI is InChI=1S/C11H17N3O2/c1-13-8-9(7-12-13)10-3-2-5-14(10)6-4-11(15)16/h7-8,10H,2-6H2,1H3,(H,15,16)/t10-/m1/s1. The summed E-state index contributed by atoms with van der Waals surface area (Å²) in [6, 6.07) is 0.355. The molecule has 1 atom stereocenters. The molecule has 0 spiro atoms. The maximum absolute atomic E-state index is 10.6. The molecule has 0 unspecified atom stereocenters. The highest BCUT2D eigenvalue weighted by Crippen LogP contribution is 2.31. The van der Waals surface area contributed by atoms with E-state index in [0.717, 1.165) is 19.4 Å². The fourth-order valence-electron chi connectivity index (χ4n) is 2.32. The average molecular weight is 223 g/mol. The van der Waals surface area contributed by atoms with Crippen molar-refractivity contribution in [1.82, 2.24) is 14.7 Å². The number of hydrogen-bond donors (Lipinski definition) is 1. The lowest BCUT2D eigenvalue weighted by molar-refractivity contribution is -0.137. The summed E-state index contributed by atoms with van der Waals surface area (Å²) >= 11 is 0. The minimum atomic E-state index is -0.725. The van der Waals surface area contributed by atoms with Gasteiger partial charge in [-0.1, -0.05) is 0 Å². The lowest BCUT2D eigenvalue weighted by Crippen LogP contribution is -2.25. The van der Waals surface area contributed by atoms with E-state index in [2.05, 4.69) is 10.00 Å². The highest BCUT2D eigenvalue weighted by molar-refractivity contribution is 5.66. The van der Waals surface area contributed by atoms with E-state index < -0.39 is 5.97 Å². The predicted octanol–water partition coefficient (Wildman–Crippen LogP) is 1.03. The van der Waals surface area contributed by atoms with E-state index in [1.165, 1.54) is 5.56 Å². The fourth-order valence-corrected chi connectivity index (χ4v) is 2.32. The third-order valence-corrected chi connectivity index (χ3v) is 3.09. The van der Waals surface area contributed by atoms with E-state index in [4.69, 9.17) is 5.11 Å². The minimum Gasteiger partial charge on any atom is -0.481 e. The van der Waals surface area contributed by atoms with Crippen LogP contribution < -0.4 is 0 Å². The fraction of sp³-hybridized carbons (Fsp3) is 0.636. The Morgan fingerprint density at radius 3 is 3.12 bits per heavy atom. The Kier molecular flexibility index (Phi) is 3.24. The molecule has 1 saturated heterocycles. The second-order valence-electron chi connectivity index (χ2n) is 4.29. The third kappa shape index (κ3) is 2.41. The maximum Gasteiger partial charge on any atom is 0.304 e. The summed E-state index contributed by atoms with van der Waals surface area (Å²) in [6.07, 6.45) is 6.36. The smallest absolute Gasteiger partial charge is 0.304 e. The zero-order chi connectivity index (χ0) is 11.5. The van der Waals surface area contributed by atoms with Crippen LogP contribution in [-0.2, 0) is 11.8 Å². The Hall–Kier alpha value is -1.36. The number of nitrogens with zero attached hydrogens (tertiary/aromatic N) is 3. The van der Waals surface area contributed by atoms with Gasteiger partial charge in [-0.15, -0.1) is 0 Å². The summed E-state index contributed by atoms with van der Waals surface area (Å²) in [5, 5.41) is 12.9. The molecule has 16 heavy (non-hydrogen) atoms. The summed E-state index contributed by atoms with van der Waals surface area (Å²) in [5.41, 5.74) is 1.20. The van der Waals surface area contributed by atoms with Crippen molar-refractivity contribution >= 4 is 5.97 Å². The van der Waals surface area contributed by atoms with Gasteiger partial charge in [0.2, 0.25) is 0 Å². The van der Waals surface area contributed by atoms with Crippen LogP contribution in [0.1, 0.15) is 30.9 Å². The van der Waals surface area contributed by atoms with Crippen molar-refractivity contribution in [2.24, 2.45) is 7.05 Å². The average Bonchev–Trinajstić information content (AvgIpc) is 2.82. The molecule has 5 heteroatoms. The quantitative estimate of drug-likeness (QED) is 0.828. The van der Waals surface area contributed by atoms with Crippen molar-refractivity contribution in [3.63, 3.8) is 0 Å². The van der Waals surface area contributed by atoms with Crippen LogP contribution in [0.25, 0.3) is 0 Å². The second-order valence-corrected chi connectivity index (χ2v) is 4.29. The first kappa shape index (κ1) is 11.1. The van der Waals surface area contributed by atoms with Crippen LogP contribution in [0.3, 0.4) is 0 Å². The Bertz CT molecular complexity index is 375. The molecule has 0 aromatic carbocycles. The minimum absolute atomic E-state index is 0.219. The molecule has 0 saturated carbocycles. The number of carboxylic acids is 1. The van der Waals surface area contributed by atoms with Crippen LogP contribution in [0.5, 0.6) is 0 Å². The van der Waals surface area contributed by atoms with Crippen molar-refractivity contribution in [3.05, 3.63) is 18.0 Å². The van der Waals surface area contributed by atoms with E-state index in [1.54, 1.807) is 4.68 Å². The van der Waals surface area contributed by atoms with Gasteiger partial charge < -0.3 is 5.11 Å². The zero-order valence-electron chi connectivity index (χ0n) is 9.46. The number of carboxylic acid groups (broad SMARTS) is 1. The van der Waals surface area contributed by atoms with E-state index in [9.17, 15) is 4.79 Å². The summed E-state index contributed by atoms with van der Waals surface area (Å²) in [5.74, 6) is -0.725. The SMILES string of the molecule is Cn1cc([C@H]2CCCN2CCC(=O)O)cn1. The predicted molar refractivity (Wildman–Crippen MR) is 59.0 cm³/mol. The lowest BCUT2D eigenvalue weighted by atomic mass is 10.1. The van der Waals surface area contributed by atoms with Crippen LogP contribution in [0, 0.1) is 0 Å². The molecule has 0 aliphatic carbocycles. The number of aromatic nitrogens is 2. The molecular weight excluding hydrogens is 206 g/mol. The third-order valence-electron chi connectivity index (χ3n) is 3.09. The van der Waals surface area contributed by atoms with E-state index in [1.807, 2.05) is 19.4 Å². The lowest BCUT2D eigenvalue weighted by Gasteiger charge is -2.22. The summed E-state index contributed by atoms with van der Waals surface area (Å²) in [7, 11) is 1.90. The molecular formula is C11H17N3O2. The van der Waals surface area contributed by atoms with Crippen molar-refractivity contribution < 1.29 is 9.90 Å². The van der Waals surface area contributed by atoms with Gasteiger partial charge in [-0.25, -0.2) is 0 Å². The molecule has 1 aromatic rings. The number of rotatable bonds is 4. The zero-order valence-corrected chi connectivity index (χ0v) is 9.46. The number of aryl methyl sites for hydroxylation is 1. The molecule has 1 N–H and O–H groups in total. The van der Waals surface area contributed by atoms with Crippen molar-refractivity contribution in [3.8, 4) is 0 Å². The van der Waals surface area contributed by atoms with Crippen LogP contribution in [0.2, 0.25) is 0 Å². The molecule has 5 nitrogen and oxygen atoms in total. The van der Waals surface area contributed by atoms with Crippen molar-refractivity contribution in [1.29, 1.82) is 0 Å². The van der Waals surface area contributed by atoms with Gasteiger partial charge in [0, 0.05) is 31.4 Å². The van der Waals surface area contributed by atoms with Gasteiger partial charge in [0.25, 0.3) is 0 Å². The molecule has 0 radical (unpaired) electrons. The number of likely N-dealkylation sites (tertiary alicyclic amines) is 1. The molecule has 0 bridgehead atoms. The molecule has 1 aliphatic heterocycles. The van der Waals surface area contributed by atoms with E-state index >= 15 is 0 Å². The molecule has 1 fully saturated rings. The number of hydrogen-bond acceptors (Lipinski definition) is 3. The summed E-state index contributed by atoms with van der Waals surface area (Å²) in [6.45, 7) is 1.63. The number of carbonyl (C=O) groups is 1. The van der Waals surface area contributed by atoms with Gasteiger partial charge in [0.15, 0.2) is 0 Å². The van der Waals surface area contributed by atoms with Gasteiger partial charge in [0.05, 0.1) is 12.6 Å². The molecule has 2 rings (SSSR count). The molecule has 2 heterocycles. The van der Waals surface area contributed by atoms with Gasteiger partial charge >= 0.3 is 5.97 Å².